The van der Waals surface area contributed by atoms with Crippen LogP contribution >= 0.6 is 0 Å². The number of hydrogen-bond acceptors (Lipinski definition) is 3. The third kappa shape index (κ3) is 3.21. The Morgan fingerprint density at radius 2 is 1.32 bits per heavy atom. The zero-order valence-corrected chi connectivity index (χ0v) is 17.0. The third-order valence-corrected chi connectivity index (χ3v) is 5.90. The second kappa shape index (κ2) is 7.29. The van der Waals surface area contributed by atoms with Crippen LogP contribution in [0.1, 0.15) is 5.56 Å². The van der Waals surface area contributed by atoms with E-state index in [1.54, 1.807) is 0 Å². The first kappa shape index (κ1) is 17.7. The Bertz CT molecular complexity index is 1420. The van der Waals surface area contributed by atoms with Crippen molar-refractivity contribution in [2.45, 2.75) is 6.54 Å². The van der Waals surface area contributed by atoms with Crippen LogP contribution in [0.25, 0.3) is 21.5 Å². The van der Waals surface area contributed by atoms with Crippen molar-refractivity contribution in [3.63, 3.8) is 0 Å². The molecule has 1 aliphatic heterocycles. The van der Waals surface area contributed by atoms with Crippen LogP contribution < -0.4 is 10.2 Å². The van der Waals surface area contributed by atoms with Gasteiger partial charge in [-0.3, -0.25) is 0 Å². The fourth-order valence-corrected chi connectivity index (χ4v) is 4.33. The van der Waals surface area contributed by atoms with Gasteiger partial charge >= 0.3 is 0 Å². The molecule has 1 heterocycles. The molecule has 0 radical (unpaired) electrons. The van der Waals surface area contributed by atoms with Crippen LogP contribution in [-0.2, 0) is 6.54 Å². The molecule has 1 N–H and O–H groups in total. The quantitative estimate of drug-likeness (QED) is 0.320. The molecule has 0 aromatic heterocycles. The molecule has 0 atom stereocenters. The van der Waals surface area contributed by atoms with Crippen molar-refractivity contribution in [2.24, 2.45) is 4.99 Å². The van der Waals surface area contributed by atoms with Crippen LogP contribution in [0, 0.1) is 0 Å². The summed E-state index contributed by atoms with van der Waals surface area (Å²) in [6.07, 6.45) is 1.94. The highest BCUT2D eigenvalue weighted by atomic mass is 15.2. The van der Waals surface area contributed by atoms with Crippen LogP contribution in [0.15, 0.2) is 108 Å². The van der Waals surface area contributed by atoms with Crippen molar-refractivity contribution in [1.82, 2.24) is 0 Å². The molecule has 0 saturated heterocycles. The van der Waals surface area contributed by atoms with Gasteiger partial charge < -0.3 is 10.2 Å². The molecule has 3 heteroatoms. The molecule has 0 amide bonds. The first-order valence-corrected chi connectivity index (χ1v) is 10.5. The zero-order valence-electron chi connectivity index (χ0n) is 17.0. The van der Waals surface area contributed by atoms with Crippen molar-refractivity contribution in [2.75, 3.05) is 10.2 Å². The lowest BCUT2D eigenvalue weighted by atomic mass is 9.96. The topological polar surface area (TPSA) is 27.6 Å². The van der Waals surface area contributed by atoms with Gasteiger partial charge in [-0.05, 0) is 58.6 Å². The van der Waals surface area contributed by atoms with Crippen LogP contribution in [0.2, 0.25) is 0 Å². The van der Waals surface area contributed by atoms with E-state index in [1.165, 1.54) is 27.1 Å². The van der Waals surface area contributed by atoms with Gasteiger partial charge in [0, 0.05) is 28.0 Å². The zero-order chi connectivity index (χ0) is 20.6. The summed E-state index contributed by atoms with van der Waals surface area (Å²) in [5, 5.41) is 8.56. The van der Waals surface area contributed by atoms with Gasteiger partial charge in [0.1, 0.15) is 0 Å². The normalized spacial score (nSPS) is 12.8. The van der Waals surface area contributed by atoms with E-state index in [1.807, 2.05) is 30.6 Å². The third-order valence-electron chi connectivity index (χ3n) is 5.90. The molecule has 0 bridgehead atoms. The maximum atomic E-state index is 4.84. The Balaban J connectivity index is 1.56. The summed E-state index contributed by atoms with van der Waals surface area (Å²) in [4.78, 5) is 7.05. The Morgan fingerprint density at radius 3 is 2.06 bits per heavy atom. The average molecular weight is 399 g/mol. The second-order valence-corrected chi connectivity index (χ2v) is 7.87. The molecule has 5 aromatic carbocycles. The lowest BCUT2D eigenvalue weighted by Gasteiger charge is -2.26. The highest BCUT2D eigenvalue weighted by Gasteiger charge is 2.19. The van der Waals surface area contributed by atoms with Crippen molar-refractivity contribution in [3.05, 3.63) is 109 Å². The maximum Gasteiger partial charge on any atom is 0.0960 e. The summed E-state index contributed by atoms with van der Waals surface area (Å²) < 4.78 is 0. The van der Waals surface area contributed by atoms with E-state index < -0.39 is 0 Å². The van der Waals surface area contributed by atoms with Crippen LogP contribution in [0.5, 0.6) is 0 Å². The minimum Gasteiger partial charge on any atom is -0.355 e. The summed E-state index contributed by atoms with van der Waals surface area (Å²) in [5.74, 6) is 0. The number of rotatable bonds is 3. The molecule has 3 nitrogen and oxygen atoms in total. The Labute approximate surface area is 181 Å². The van der Waals surface area contributed by atoms with Gasteiger partial charge in [-0.1, -0.05) is 60.7 Å². The van der Waals surface area contributed by atoms with Gasteiger partial charge in [0.05, 0.1) is 18.6 Å². The molecule has 148 valence electrons. The van der Waals surface area contributed by atoms with E-state index in [0.29, 0.717) is 0 Å². The number of hydrogen-bond donors (Lipinski definition) is 1. The minimum absolute atomic E-state index is 0.795. The first-order valence-electron chi connectivity index (χ1n) is 10.5. The number of para-hydroxylation sites is 2. The molecule has 31 heavy (non-hydrogen) atoms. The lowest BCUT2D eigenvalue weighted by Crippen LogP contribution is -2.23. The summed E-state index contributed by atoms with van der Waals surface area (Å²) in [5.41, 5.74) is 5.58. The SMILES string of the molecule is C1=Nc2cc(Nc3ccccc3)c3cc4ccccc4cc3c2CN1c1ccccc1. The number of aliphatic imine (C=N–C) groups is 1. The molecular formula is C28H21N3. The van der Waals surface area contributed by atoms with Crippen LogP contribution in [0.3, 0.4) is 0 Å². The fraction of sp³-hybridized carbons (Fsp3) is 0.0357. The summed E-state index contributed by atoms with van der Waals surface area (Å²) in [7, 11) is 0. The monoisotopic (exact) mass is 399 g/mol. The van der Waals surface area contributed by atoms with E-state index in [4.69, 9.17) is 4.99 Å². The molecule has 0 fully saturated rings. The Morgan fingerprint density at radius 1 is 0.677 bits per heavy atom. The number of benzene rings is 5. The van der Waals surface area contributed by atoms with Crippen LogP contribution in [-0.4, -0.2) is 6.34 Å². The smallest absolute Gasteiger partial charge is 0.0960 e. The van der Waals surface area contributed by atoms with Crippen LogP contribution in [0.4, 0.5) is 22.7 Å². The Kier molecular flexibility index (Phi) is 4.17. The molecule has 1 aliphatic rings. The lowest BCUT2D eigenvalue weighted by molar-refractivity contribution is 1.01. The summed E-state index contributed by atoms with van der Waals surface area (Å²) >= 11 is 0. The van der Waals surface area contributed by atoms with E-state index in [-0.39, 0.29) is 0 Å². The standard InChI is InChI=1S/C28H21N3/c1-3-11-22(12-4-1)30-28-17-27-26(18-31(19-29-27)23-13-5-2-6-14-23)24-15-20-9-7-8-10-21(20)16-25(24)28/h1-17,19,30H,18H2. The number of nitrogens with zero attached hydrogens (tertiary/aromatic N) is 2. The van der Waals surface area contributed by atoms with E-state index in [0.717, 1.165) is 29.3 Å². The molecule has 5 aromatic rings. The number of anilines is 3. The van der Waals surface area contributed by atoms with Crippen molar-refractivity contribution in [1.29, 1.82) is 0 Å². The van der Waals surface area contributed by atoms with Gasteiger partial charge in [0.25, 0.3) is 0 Å². The van der Waals surface area contributed by atoms with E-state index >= 15 is 0 Å². The van der Waals surface area contributed by atoms with Gasteiger partial charge in [0.15, 0.2) is 0 Å². The molecule has 6 rings (SSSR count). The van der Waals surface area contributed by atoms with E-state index in [2.05, 4.69) is 89.1 Å². The number of fused-ring (bicyclic) bond motifs is 4. The summed E-state index contributed by atoms with van der Waals surface area (Å²) in [6.45, 7) is 0.795. The predicted octanol–water partition coefficient (Wildman–Crippen LogP) is 7.42. The molecule has 0 saturated carbocycles. The van der Waals surface area contributed by atoms with Crippen molar-refractivity contribution in [3.8, 4) is 0 Å². The van der Waals surface area contributed by atoms with Gasteiger partial charge in [0.2, 0.25) is 0 Å². The molecule has 0 aliphatic carbocycles. The highest BCUT2D eigenvalue weighted by Crippen LogP contribution is 2.40. The summed E-state index contributed by atoms with van der Waals surface area (Å²) in [6, 6.07) is 36.1. The average Bonchev–Trinajstić information content (AvgIpc) is 2.84. The van der Waals surface area contributed by atoms with Crippen molar-refractivity contribution >= 4 is 50.6 Å². The van der Waals surface area contributed by atoms with Gasteiger partial charge in [-0.15, -0.1) is 0 Å². The highest BCUT2D eigenvalue weighted by molar-refractivity contribution is 6.08. The van der Waals surface area contributed by atoms with Gasteiger partial charge in [-0.25, -0.2) is 4.99 Å². The minimum atomic E-state index is 0.795. The Hall–Kier alpha value is -4.11. The second-order valence-electron chi connectivity index (χ2n) is 7.87. The predicted molar refractivity (Wildman–Crippen MR) is 132 cm³/mol. The van der Waals surface area contributed by atoms with E-state index in [9.17, 15) is 0 Å². The largest absolute Gasteiger partial charge is 0.355 e. The maximum absolute atomic E-state index is 4.84. The fourth-order valence-electron chi connectivity index (χ4n) is 4.33. The number of nitrogens with one attached hydrogen (secondary N) is 1. The van der Waals surface area contributed by atoms with Crippen molar-refractivity contribution < 1.29 is 0 Å². The molecule has 0 unspecified atom stereocenters. The molecule has 0 spiro atoms. The molecular weight excluding hydrogens is 378 g/mol. The van der Waals surface area contributed by atoms with Gasteiger partial charge in [-0.2, -0.15) is 0 Å². The first-order chi connectivity index (χ1) is 15.3.